The van der Waals surface area contributed by atoms with Gasteiger partial charge in [-0.15, -0.1) is 0 Å². The average Bonchev–Trinajstić information content (AvgIpc) is 2.74. The Balaban J connectivity index is 2.14. The monoisotopic (exact) mass is 330 g/mol. The van der Waals surface area contributed by atoms with Crippen LogP contribution in [0.25, 0.3) is 0 Å². The molecule has 0 bridgehead atoms. The molecule has 114 valence electrons. The van der Waals surface area contributed by atoms with E-state index in [1.165, 1.54) is 0 Å². The van der Waals surface area contributed by atoms with Crippen LogP contribution < -0.4 is 5.32 Å². The fraction of sp³-hybridized carbons (Fsp3) is 0.278. The van der Waals surface area contributed by atoms with Crippen LogP contribution in [-0.2, 0) is 0 Å². The number of halogens is 1. The molecule has 0 radical (unpaired) electrons. The van der Waals surface area contributed by atoms with Gasteiger partial charge in [0.05, 0.1) is 11.8 Å². The molecule has 0 fully saturated rings. The van der Waals surface area contributed by atoms with Gasteiger partial charge in [0, 0.05) is 33.6 Å². The summed E-state index contributed by atoms with van der Waals surface area (Å²) in [7, 11) is 0. The second kappa shape index (κ2) is 6.76. The Morgan fingerprint density at radius 2 is 2.05 bits per heavy atom. The van der Waals surface area contributed by atoms with Gasteiger partial charge in [0.2, 0.25) is 0 Å². The van der Waals surface area contributed by atoms with Gasteiger partial charge in [-0.2, -0.15) is 12.6 Å². The van der Waals surface area contributed by atoms with Crippen molar-refractivity contribution in [1.29, 1.82) is 0 Å². The molecule has 2 nitrogen and oxygen atoms in total. The second-order valence-corrected chi connectivity index (χ2v) is 6.56. The summed E-state index contributed by atoms with van der Waals surface area (Å²) in [6, 6.07) is 16.3. The molecular formula is C18H19ClN2S. The number of nitrogens with one attached hydrogen (secondary N) is 1. The lowest BCUT2D eigenvalue weighted by Gasteiger charge is -2.17. The molecule has 2 aromatic rings. The first-order valence-electron chi connectivity index (χ1n) is 7.54. The van der Waals surface area contributed by atoms with E-state index >= 15 is 0 Å². The Bertz CT molecular complexity index is 685. The standard InChI is InChI=1S/C18H19ClN2S/c1-2-17(22)16-11-20-15-9-8-13(19)10-14(15)18(21-16)12-6-4-3-5-7-12/h3-10,16-17,20,22H,2,11H2,1H3/t16-,17?/m0/s1. The van der Waals surface area contributed by atoms with E-state index in [9.17, 15) is 0 Å². The molecule has 0 spiro atoms. The van der Waals surface area contributed by atoms with Crippen molar-refractivity contribution in [3.8, 4) is 0 Å². The summed E-state index contributed by atoms with van der Waals surface area (Å²) >= 11 is 10.9. The number of fused-ring (bicyclic) bond motifs is 1. The zero-order valence-corrected chi connectivity index (χ0v) is 14.1. The Morgan fingerprint density at radius 1 is 1.27 bits per heavy atom. The van der Waals surface area contributed by atoms with Crippen molar-refractivity contribution in [2.45, 2.75) is 24.6 Å². The Morgan fingerprint density at radius 3 is 2.77 bits per heavy atom. The van der Waals surface area contributed by atoms with E-state index in [2.05, 4.69) is 24.4 Å². The van der Waals surface area contributed by atoms with E-state index in [1.807, 2.05) is 36.4 Å². The van der Waals surface area contributed by atoms with Crippen molar-refractivity contribution >= 4 is 35.6 Å². The van der Waals surface area contributed by atoms with Gasteiger partial charge in [0.1, 0.15) is 0 Å². The molecule has 22 heavy (non-hydrogen) atoms. The molecule has 1 heterocycles. The first-order valence-corrected chi connectivity index (χ1v) is 8.43. The SMILES string of the molecule is CCC(S)[C@@H]1CNc2ccc(Cl)cc2C(c2ccccc2)=N1. The predicted octanol–water partition coefficient (Wildman–Crippen LogP) is 4.68. The van der Waals surface area contributed by atoms with Crippen LogP contribution in [0.2, 0.25) is 5.02 Å². The summed E-state index contributed by atoms with van der Waals surface area (Å²) in [5, 5.41) is 4.45. The third kappa shape index (κ3) is 3.16. The molecule has 0 saturated carbocycles. The quantitative estimate of drug-likeness (QED) is 0.785. The van der Waals surface area contributed by atoms with Crippen LogP contribution in [-0.4, -0.2) is 23.5 Å². The summed E-state index contributed by atoms with van der Waals surface area (Å²) in [6.45, 7) is 2.93. The number of hydrogen-bond acceptors (Lipinski definition) is 3. The van der Waals surface area contributed by atoms with Gasteiger partial charge in [-0.05, 0) is 24.6 Å². The van der Waals surface area contributed by atoms with Gasteiger partial charge in [-0.1, -0.05) is 48.9 Å². The molecule has 1 N–H and O–H groups in total. The third-order valence-electron chi connectivity index (χ3n) is 3.94. The molecule has 3 rings (SSSR count). The van der Waals surface area contributed by atoms with E-state index in [-0.39, 0.29) is 11.3 Å². The summed E-state index contributed by atoms with van der Waals surface area (Å²) in [4.78, 5) is 5.02. The fourth-order valence-corrected chi connectivity index (χ4v) is 3.03. The summed E-state index contributed by atoms with van der Waals surface area (Å²) in [6.07, 6.45) is 0.984. The summed E-state index contributed by atoms with van der Waals surface area (Å²) in [5.41, 5.74) is 4.22. The van der Waals surface area contributed by atoms with Crippen molar-refractivity contribution in [3.05, 3.63) is 64.7 Å². The van der Waals surface area contributed by atoms with E-state index in [1.54, 1.807) is 0 Å². The van der Waals surface area contributed by atoms with Crippen LogP contribution in [0.3, 0.4) is 0 Å². The normalized spacial score (nSPS) is 18.7. The van der Waals surface area contributed by atoms with E-state index in [4.69, 9.17) is 29.2 Å². The smallest absolute Gasteiger partial charge is 0.0795 e. The van der Waals surface area contributed by atoms with Gasteiger partial charge in [-0.25, -0.2) is 0 Å². The lowest BCUT2D eigenvalue weighted by molar-refractivity contribution is 0.652. The summed E-state index contributed by atoms with van der Waals surface area (Å²) in [5.74, 6) is 0. The number of benzene rings is 2. The number of aliphatic imine (C=N–C) groups is 1. The summed E-state index contributed by atoms with van der Waals surface area (Å²) < 4.78 is 0. The molecule has 1 aliphatic heterocycles. The molecule has 4 heteroatoms. The molecule has 2 aromatic carbocycles. The molecule has 0 aliphatic carbocycles. The Labute approximate surface area is 142 Å². The number of hydrogen-bond donors (Lipinski definition) is 2. The number of nitrogens with zero attached hydrogens (tertiary/aromatic N) is 1. The Kier molecular flexibility index (Phi) is 4.74. The van der Waals surface area contributed by atoms with Crippen LogP contribution >= 0.6 is 24.2 Å². The van der Waals surface area contributed by atoms with Crippen LogP contribution in [0.5, 0.6) is 0 Å². The number of rotatable bonds is 3. The van der Waals surface area contributed by atoms with Crippen LogP contribution in [0.15, 0.2) is 53.5 Å². The van der Waals surface area contributed by atoms with Crippen molar-refractivity contribution < 1.29 is 0 Å². The molecule has 0 saturated heterocycles. The minimum absolute atomic E-state index is 0.134. The lowest BCUT2D eigenvalue weighted by Crippen LogP contribution is -2.27. The first-order chi connectivity index (χ1) is 10.7. The molecule has 1 unspecified atom stereocenters. The van der Waals surface area contributed by atoms with Crippen molar-refractivity contribution in [3.63, 3.8) is 0 Å². The van der Waals surface area contributed by atoms with E-state index < -0.39 is 0 Å². The zero-order valence-electron chi connectivity index (χ0n) is 12.5. The molecule has 0 amide bonds. The number of anilines is 1. The largest absolute Gasteiger partial charge is 0.382 e. The minimum atomic E-state index is 0.134. The molecule has 1 aliphatic rings. The molecule has 2 atom stereocenters. The highest BCUT2D eigenvalue weighted by Crippen LogP contribution is 2.28. The van der Waals surface area contributed by atoms with Crippen LogP contribution in [0.1, 0.15) is 24.5 Å². The van der Waals surface area contributed by atoms with Crippen LogP contribution in [0, 0.1) is 0 Å². The van der Waals surface area contributed by atoms with Gasteiger partial charge in [0.15, 0.2) is 0 Å². The predicted molar refractivity (Wildman–Crippen MR) is 98.9 cm³/mol. The van der Waals surface area contributed by atoms with E-state index in [0.29, 0.717) is 0 Å². The first kappa shape index (κ1) is 15.4. The average molecular weight is 331 g/mol. The van der Waals surface area contributed by atoms with Crippen molar-refractivity contribution in [2.24, 2.45) is 4.99 Å². The van der Waals surface area contributed by atoms with Gasteiger partial charge in [-0.3, -0.25) is 4.99 Å². The lowest BCUT2D eigenvalue weighted by atomic mass is 10.0. The van der Waals surface area contributed by atoms with Crippen molar-refractivity contribution in [1.82, 2.24) is 0 Å². The maximum Gasteiger partial charge on any atom is 0.0795 e. The van der Waals surface area contributed by atoms with E-state index in [0.717, 1.165) is 40.5 Å². The second-order valence-electron chi connectivity index (χ2n) is 5.46. The maximum atomic E-state index is 6.21. The third-order valence-corrected chi connectivity index (χ3v) is 4.89. The number of benzodiazepines with no additional fused rings is 1. The van der Waals surface area contributed by atoms with Gasteiger partial charge >= 0.3 is 0 Å². The van der Waals surface area contributed by atoms with Crippen molar-refractivity contribution in [2.75, 3.05) is 11.9 Å². The molecular weight excluding hydrogens is 312 g/mol. The van der Waals surface area contributed by atoms with Gasteiger partial charge < -0.3 is 5.32 Å². The van der Waals surface area contributed by atoms with Gasteiger partial charge in [0.25, 0.3) is 0 Å². The zero-order chi connectivity index (χ0) is 15.5. The maximum absolute atomic E-state index is 6.21. The fourth-order valence-electron chi connectivity index (χ4n) is 2.68. The topological polar surface area (TPSA) is 24.4 Å². The minimum Gasteiger partial charge on any atom is -0.382 e. The Hall–Kier alpha value is -1.45. The molecule has 0 aromatic heterocycles. The number of thiol groups is 1. The highest BCUT2D eigenvalue weighted by Gasteiger charge is 2.23. The highest BCUT2D eigenvalue weighted by atomic mass is 35.5. The highest BCUT2D eigenvalue weighted by molar-refractivity contribution is 7.81. The van der Waals surface area contributed by atoms with Crippen LogP contribution in [0.4, 0.5) is 5.69 Å².